The van der Waals surface area contributed by atoms with Gasteiger partial charge in [0.15, 0.2) is 0 Å². The van der Waals surface area contributed by atoms with E-state index in [-0.39, 0.29) is 17.8 Å². The van der Waals surface area contributed by atoms with Crippen molar-refractivity contribution in [3.63, 3.8) is 0 Å². The zero-order valence-corrected chi connectivity index (χ0v) is 16.5. The molecule has 3 rings (SSSR count). The quantitative estimate of drug-likeness (QED) is 0.871. The van der Waals surface area contributed by atoms with Crippen LogP contribution in [0.2, 0.25) is 0 Å². The van der Waals surface area contributed by atoms with Gasteiger partial charge in [-0.3, -0.25) is 4.31 Å². The molecule has 0 radical (unpaired) electrons. The number of hydrogen-bond acceptors (Lipinski definition) is 4. The van der Waals surface area contributed by atoms with Crippen molar-refractivity contribution in [1.82, 2.24) is 9.80 Å². The van der Waals surface area contributed by atoms with E-state index in [1.165, 1.54) is 4.31 Å². The minimum atomic E-state index is -3.18. The molecule has 1 aromatic rings. The van der Waals surface area contributed by atoms with Crippen molar-refractivity contribution in [2.24, 2.45) is 5.92 Å². The van der Waals surface area contributed by atoms with Crippen molar-refractivity contribution in [3.05, 3.63) is 24.3 Å². The molecule has 2 fully saturated rings. The first-order chi connectivity index (χ1) is 12.3. The van der Waals surface area contributed by atoms with Crippen LogP contribution in [0.4, 0.5) is 16.2 Å². The average Bonchev–Trinajstić information content (AvgIpc) is 2.94. The van der Waals surface area contributed by atoms with Crippen molar-refractivity contribution in [2.75, 3.05) is 48.6 Å². The van der Waals surface area contributed by atoms with E-state index in [4.69, 9.17) is 0 Å². The maximum absolute atomic E-state index is 12.7. The van der Waals surface area contributed by atoms with Crippen molar-refractivity contribution < 1.29 is 13.2 Å². The molecule has 1 aromatic carbocycles. The Bertz CT molecular complexity index is 748. The van der Waals surface area contributed by atoms with Crippen molar-refractivity contribution in [2.45, 2.75) is 26.3 Å². The van der Waals surface area contributed by atoms with E-state index in [2.05, 4.69) is 31.1 Å². The molecule has 0 bridgehead atoms. The van der Waals surface area contributed by atoms with Gasteiger partial charge in [0.2, 0.25) is 10.0 Å². The molecular weight excluding hydrogens is 352 g/mol. The number of rotatable bonds is 3. The third kappa shape index (κ3) is 3.96. The van der Waals surface area contributed by atoms with Gasteiger partial charge in [0.25, 0.3) is 0 Å². The number of urea groups is 1. The van der Waals surface area contributed by atoms with Gasteiger partial charge in [0, 0.05) is 37.9 Å². The van der Waals surface area contributed by atoms with Crippen LogP contribution in [0.15, 0.2) is 24.3 Å². The van der Waals surface area contributed by atoms with E-state index >= 15 is 0 Å². The van der Waals surface area contributed by atoms with E-state index in [0.717, 1.165) is 13.1 Å². The van der Waals surface area contributed by atoms with E-state index in [0.29, 0.717) is 36.8 Å². The average molecular weight is 381 g/mol. The molecule has 8 heteroatoms. The zero-order valence-electron chi connectivity index (χ0n) is 15.7. The lowest BCUT2D eigenvalue weighted by molar-refractivity contribution is 0.0922. The number of benzene rings is 1. The number of anilines is 2. The summed E-state index contributed by atoms with van der Waals surface area (Å²) in [5, 5.41) is 2.95. The van der Waals surface area contributed by atoms with Gasteiger partial charge in [-0.15, -0.1) is 0 Å². The van der Waals surface area contributed by atoms with Crippen LogP contribution in [-0.4, -0.2) is 69.3 Å². The third-order valence-corrected chi connectivity index (χ3v) is 7.03. The Kier molecular flexibility index (Phi) is 5.43. The van der Waals surface area contributed by atoms with E-state index in [1.54, 1.807) is 24.3 Å². The fraction of sp³-hybridized carbons (Fsp3) is 0.611. The van der Waals surface area contributed by atoms with Gasteiger partial charge in [0.1, 0.15) is 0 Å². The number of carbonyl (C=O) groups excluding carboxylic acids is 1. The second kappa shape index (κ2) is 7.44. The highest BCUT2D eigenvalue weighted by Gasteiger charge is 2.31. The highest BCUT2D eigenvalue weighted by Crippen LogP contribution is 2.26. The number of hydrogen-bond donors (Lipinski definition) is 1. The van der Waals surface area contributed by atoms with Gasteiger partial charge in [-0.05, 0) is 43.7 Å². The lowest BCUT2D eigenvalue weighted by Crippen LogP contribution is -2.57. The van der Waals surface area contributed by atoms with Gasteiger partial charge in [0.05, 0.1) is 11.4 Å². The maximum atomic E-state index is 12.7. The van der Waals surface area contributed by atoms with Crippen LogP contribution in [0.25, 0.3) is 0 Å². The fourth-order valence-corrected chi connectivity index (χ4v) is 5.18. The maximum Gasteiger partial charge on any atom is 0.322 e. The number of sulfonamides is 1. The number of nitrogens with one attached hydrogen (secondary N) is 1. The predicted octanol–water partition coefficient (Wildman–Crippen LogP) is 2.03. The first-order valence-electron chi connectivity index (χ1n) is 9.14. The predicted molar refractivity (Wildman–Crippen MR) is 104 cm³/mol. The number of piperazine rings is 1. The minimum Gasteiger partial charge on any atom is -0.319 e. The summed E-state index contributed by atoms with van der Waals surface area (Å²) in [6, 6.07) is 7.12. The molecule has 2 amide bonds. The van der Waals surface area contributed by atoms with Crippen molar-refractivity contribution in [1.29, 1.82) is 0 Å². The number of nitrogens with zero attached hydrogens (tertiary/aromatic N) is 3. The van der Waals surface area contributed by atoms with Crippen molar-refractivity contribution in [3.8, 4) is 0 Å². The highest BCUT2D eigenvalue weighted by molar-refractivity contribution is 7.93. The molecule has 0 aromatic heterocycles. The van der Waals surface area contributed by atoms with Gasteiger partial charge in [-0.2, -0.15) is 0 Å². The summed E-state index contributed by atoms with van der Waals surface area (Å²) in [6.45, 7) is 7.23. The summed E-state index contributed by atoms with van der Waals surface area (Å²) in [5.41, 5.74) is 1.33. The Balaban J connectivity index is 1.68. The van der Waals surface area contributed by atoms with Gasteiger partial charge in [-0.25, -0.2) is 13.2 Å². The summed E-state index contributed by atoms with van der Waals surface area (Å²) in [7, 11) is -1.10. The Morgan fingerprint density at radius 2 is 1.85 bits per heavy atom. The number of amides is 2. The Morgan fingerprint density at radius 1 is 1.15 bits per heavy atom. The molecule has 26 heavy (non-hydrogen) atoms. The molecular formula is C18H28N4O3S. The van der Waals surface area contributed by atoms with Crippen LogP contribution in [0, 0.1) is 5.92 Å². The molecule has 2 aliphatic rings. The third-order valence-electron chi connectivity index (χ3n) is 5.16. The van der Waals surface area contributed by atoms with Crippen LogP contribution in [-0.2, 0) is 10.0 Å². The normalized spacial score (nSPS) is 23.5. The molecule has 0 aliphatic carbocycles. The van der Waals surface area contributed by atoms with E-state index in [1.807, 2.05) is 4.90 Å². The second-order valence-electron chi connectivity index (χ2n) is 7.49. The van der Waals surface area contributed by atoms with Crippen LogP contribution in [0.5, 0.6) is 0 Å². The monoisotopic (exact) mass is 380 g/mol. The Morgan fingerprint density at radius 3 is 2.42 bits per heavy atom. The number of carbonyl (C=O) groups is 1. The summed E-state index contributed by atoms with van der Waals surface area (Å²) in [5.74, 6) is 0.581. The molecule has 7 nitrogen and oxygen atoms in total. The highest BCUT2D eigenvalue weighted by atomic mass is 32.2. The molecule has 1 N–H and O–H groups in total. The van der Waals surface area contributed by atoms with E-state index < -0.39 is 10.0 Å². The summed E-state index contributed by atoms with van der Waals surface area (Å²) < 4.78 is 25.4. The summed E-state index contributed by atoms with van der Waals surface area (Å²) >= 11 is 0. The topological polar surface area (TPSA) is 73.0 Å². The summed E-state index contributed by atoms with van der Waals surface area (Å²) in [6.07, 6.45) is 0.654. The second-order valence-corrected chi connectivity index (χ2v) is 9.50. The Hall–Kier alpha value is -1.80. The molecule has 2 saturated heterocycles. The summed E-state index contributed by atoms with van der Waals surface area (Å²) in [4.78, 5) is 16.9. The molecule has 1 atom stereocenters. The first kappa shape index (κ1) is 19.0. The van der Waals surface area contributed by atoms with Crippen LogP contribution < -0.4 is 9.62 Å². The Labute approximate surface area is 156 Å². The number of likely N-dealkylation sites (N-methyl/N-ethyl adjacent to an activating group) is 1. The lowest BCUT2D eigenvalue weighted by atomic mass is 10.0. The molecule has 0 spiro atoms. The largest absolute Gasteiger partial charge is 0.322 e. The SMILES string of the molecule is CC(C)[C@H]1CN(C)CCN1C(=O)Nc1ccc(N2CCCS2(=O)=O)cc1. The van der Waals surface area contributed by atoms with Crippen LogP contribution in [0.3, 0.4) is 0 Å². The molecule has 2 aliphatic heterocycles. The van der Waals surface area contributed by atoms with Gasteiger partial charge >= 0.3 is 6.03 Å². The molecule has 144 valence electrons. The standard InChI is InChI=1S/C18H28N4O3S/c1-14(2)17-13-20(3)10-11-21(17)18(23)19-15-5-7-16(8-6-15)22-9-4-12-26(22,24)25/h5-8,14,17H,4,9-13H2,1-3H3,(H,19,23)/t17-/m1/s1. The minimum absolute atomic E-state index is 0.0988. The van der Waals surface area contributed by atoms with Crippen LogP contribution in [0.1, 0.15) is 20.3 Å². The van der Waals surface area contributed by atoms with E-state index in [9.17, 15) is 13.2 Å². The fourth-order valence-electron chi connectivity index (χ4n) is 3.61. The van der Waals surface area contributed by atoms with Crippen molar-refractivity contribution >= 4 is 27.4 Å². The lowest BCUT2D eigenvalue weighted by Gasteiger charge is -2.42. The smallest absolute Gasteiger partial charge is 0.319 e. The van der Waals surface area contributed by atoms with Crippen LogP contribution >= 0.6 is 0 Å². The molecule has 0 saturated carbocycles. The van der Waals surface area contributed by atoms with Gasteiger partial charge < -0.3 is 15.1 Å². The first-order valence-corrected chi connectivity index (χ1v) is 10.8. The zero-order chi connectivity index (χ0) is 18.9. The van der Waals surface area contributed by atoms with Gasteiger partial charge in [-0.1, -0.05) is 13.8 Å². The molecule has 0 unspecified atom stereocenters. The molecule has 2 heterocycles.